The number of unbranched alkanes of at least 4 members (excludes halogenated alkanes) is 2. The lowest BCUT2D eigenvalue weighted by Crippen LogP contribution is -2.01. The van der Waals surface area contributed by atoms with Crippen LogP contribution in [0.2, 0.25) is 0 Å². The second-order valence-electron chi connectivity index (χ2n) is 3.63. The van der Waals surface area contributed by atoms with Gasteiger partial charge in [0, 0.05) is 11.8 Å². The molecule has 0 aromatic carbocycles. The minimum Gasteiger partial charge on any atom is -0.495 e. The van der Waals surface area contributed by atoms with Crippen LogP contribution >= 0.6 is 0 Å². The molecule has 1 aromatic rings. The van der Waals surface area contributed by atoms with Crippen molar-refractivity contribution in [1.29, 1.82) is 0 Å². The first-order valence-electron chi connectivity index (χ1n) is 5.45. The first-order chi connectivity index (χ1) is 7.29. The number of aromatic nitrogens is 1. The fourth-order valence-corrected chi connectivity index (χ4v) is 1.58. The molecule has 0 aliphatic rings. The second kappa shape index (κ2) is 6.40. The van der Waals surface area contributed by atoms with E-state index in [1.54, 1.807) is 19.5 Å². The molecule has 1 unspecified atom stereocenters. The first-order valence-corrected chi connectivity index (χ1v) is 5.45. The standard InChI is InChI=1S/C12H19NO2/c1-3-4-5-6-11(14)10-7-8-13-9-12(10)15-2/h7-9,11,14H,3-6H2,1-2H3. The quantitative estimate of drug-likeness (QED) is 0.732. The summed E-state index contributed by atoms with van der Waals surface area (Å²) in [5.74, 6) is 0.668. The summed E-state index contributed by atoms with van der Waals surface area (Å²) in [7, 11) is 1.60. The molecule has 0 radical (unpaired) electrons. The van der Waals surface area contributed by atoms with Gasteiger partial charge in [0.25, 0.3) is 0 Å². The van der Waals surface area contributed by atoms with E-state index < -0.39 is 6.10 Å². The van der Waals surface area contributed by atoms with Gasteiger partial charge in [-0.2, -0.15) is 0 Å². The predicted molar refractivity (Wildman–Crippen MR) is 59.9 cm³/mol. The van der Waals surface area contributed by atoms with E-state index in [1.807, 2.05) is 6.07 Å². The Morgan fingerprint density at radius 1 is 1.47 bits per heavy atom. The summed E-state index contributed by atoms with van der Waals surface area (Å²) in [6.07, 6.45) is 7.04. The topological polar surface area (TPSA) is 42.4 Å². The predicted octanol–water partition coefficient (Wildman–Crippen LogP) is 2.70. The third-order valence-corrected chi connectivity index (χ3v) is 2.48. The Morgan fingerprint density at radius 2 is 2.27 bits per heavy atom. The Hall–Kier alpha value is -1.09. The number of hydrogen-bond acceptors (Lipinski definition) is 3. The minimum atomic E-state index is -0.436. The number of methoxy groups -OCH3 is 1. The number of hydrogen-bond donors (Lipinski definition) is 1. The maximum Gasteiger partial charge on any atom is 0.142 e. The largest absolute Gasteiger partial charge is 0.495 e. The molecule has 0 fully saturated rings. The van der Waals surface area contributed by atoms with E-state index in [2.05, 4.69) is 11.9 Å². The SMILES string of the molecule is CCCCCC(O)c1ccncc1OC. The van der Waals surface area contributed by atoms with Crippen LogP contribution < -0.4 is 4.74 Å². The van der Waals surface area contributed by atoms with Gasteiger partial charge in [-0.1, -0.05) is 26.2 Å². The molecule has 1 rings (SSSR count). The van der Waals surface area contributed by atoms with E-state index in [0.29, 0.717) is 5.75 Å². The normalized spacial score (nSPS) is 12.5. The van der Waals surface area contributed by atoms with Crippen molar-refractivity contribution in [3.63, 3.8) is 0 Å². The monoisotopic (exact) mass is 209 g/mol. The number of aliphatic hydroxyl groups excluding tert-OH is 1. The number of rotatable bonds is 6. The summed E-state index contributed by atoms with van der Waals surface area (Å²) in [5.41, 5.74) is 0.837. The molecule has 1 aromatic heterocycles. The molecule has 0 saturated heterocycles. The van der Waals surface area contributed by atoms with Crippen LogP contribution in [0.15, 0.2) is 18.5 Å². The summed E-state index contributed by atoms with van der Waals surface area (Å²) in [6.45, 7) is 2.15. The maximum absolute atomic E-state index is 9.95. The highest BCUT2D eigenvalue weighted by atomic mass is 16.5. The summed E-state index contributed by atoms with van der Waals surface area (Å²) < 4.78 is 5.15. The second-order valence-corrected chi connectivity index (χ2v) is 3.63. The lowest BCUT2D eigenvalue weighted by atomic mass is 10.0. The summed E-state index contributed by atoms with van der Waals surface area (Å²) >= 11 is 0. The molecule has 1 N–H and O–H groups in total. The van der Waals surface area contributed by atoms with Crippen LogP contribution in [0.3, 0.4) is 0 Å². The zero-order valence-electron chi connectivity index (χ0n) is 9.44. The van der Waals surface area contributed by atoms with Gasteiger partial charge in [-0.05, 0) is 12.5 Å². The smallest absolute Gasteiger partial charge is 0.142 e. The Balaban J connectivity index is 2.59. The van der Waals surface area contributed by atoms with Gasteiger partial charge >= 0.3 is 0 Å². The van der Waals surface area contributed by atoms with Crippen molar-refractivity contribution in [2.24, 2.45) is 0 Å². The van der Waals surface area contributed by atoms with Crippen molar-refractivity contribution in [2.45, 2.75) is 38.7 Å². The Morgan fingerprint density at radius 3 is 2.93 bits per heavy atom. The van der Waals surface area contributed by atoms with Crippen LogP contribution in [0, 0.1) is 0 Å². The molecule has 0 saturated carbocycles. The van der Waals surface area contributed by atoms with Gasteiger partial charge in [0.05, 0.1) is 19.4 Å². The molecule has 84 valence electrons. The molecule has 1 heterocycles. The van der Waals surface area contributed by atoms with Gasteiger partial charge in [-0.3, -0.25) is 4.98 Å². The van der Waals surface area contributed by atoms with Gasteiger partial charge in [0.2, 0.25) is 0 Å². The third kappa shape index (κ3) is 3.51. The maximum atomic E-state index is 9.95. The van der Waals surface area contributed by atoms with Gasteiger partial charge in [-0.15, -0.1) is 0 Å². The molecule has 0 aliphatic heterocycles. The van der Waals surface area contributed by atoms with Crippen molar-refractivity contribution < 1.29 is 9.84 Å². The minimum absolute atomic E-state index is 0.436. The summed E-state index contributed by atoms with van der Waals surface area (Å²) in [5, 5.41) is 9.95. The summed E-state index contributed by atoms with van der Waals surface area (Å²) in [4.78, 5) is 3.96. The van der Waals surface area contributed by atoms with Gasteiger partial charge in [0.15, 0.2) is 0 Å². The molecule has 0 spiro atoms. The van der Waals surface area contributed by atoms with Crippen LogP contribution in [-0.4, -0.2) is 17.2 Å². The van der Waals surface area contributed by atoms with Crippen LogP contribution in [0.1, 0.15) is 44.3 Å². The van der Waals surface area contributed by atoms with E-state index in [0.717, 1.165) is 24.8 Å². The highest BCUT2D eigenvalue weighted by Gasteiger charge is 2.12. The van der Waals surface area contributed by atoms with Crippen LogP contribution in [-0.2, 0) is 0 Å². The third-order valence-electron chi connectivity index (χ3n) is 2.48. The van der Waals surface area contributed by atoms with Crippen LogP contribution in [0.5, 0.6) is 5.75 Å². The number of pyridine rings is 1. The molecular weight excluding hydrogens is 190 g/mol. The van der Waals surface area contributed by atoms with Gasteiger partial charge < -0.3 is 9.84 Å². The highest BCUT2D eigenvalue weighted by molar-refractivity contribution is 5.31. The Kier molecular flexibility index (Phi) is 5.12. The average Bonchev–Trinajstić information content (AvgIpc) is 2.29. The zero-order valence-corrected chi connectivity index (χ0v) is 9.44. The van der Waals surface area contributed by atoms with Crippen molar-refractivity contribution in [3.8, 4) is 5.75 Å². The van der Waals surface area contributed by atoms with Crippen molar-refractivity contribution >= 4 is 0 Å². The van der Waals surface area contributed by atoms with Gasteiger partial charge in [0.1, 0.15) is 5.75 Å². The number of aliphatic hydroxyl groups is 1. The van der Waals surface area contributed by atoms with Crippen molar-refractivity contribution in [2.75, 3.05) is 7.11 Å². The van der Waals surface area contributed by atoms with Gasteiger partial charge in [-0.25, -0.2) is 0 Å². The molecule has 3 heteroatoms. The van der Waals surface area contributed by atoms with E-state index in [1.165, 1.54) is 6.42 Å². The fourth-order valence-electron chi connectivity index (χ4n) is 1.58. The van der Waals surface area contributed by atoms with E-state index >= 15 is 0 Å². The van der Waals surface area contributed by atoms with Crippen molar-refractivity contribution in [3.05, 3.63) is 24.0 Å². The zero-order chi connectivity index (χ0) is 11.1. The lowest BCUT2D eigenvalue weighted by Gasteiger charge is -2.13. The Labute approximate surface area is 91.1 Å². The average molecular weight is 209 g/mol. The van der Waals surface area contributed by atoms with Crippen molar-refractivity contribution in [1.82, 2.24) is 4.98 Å². The molecule has 1 atom stereocenters. The molecule has 0 bridgehead atoms. The molecular formula is C12H19NO2. The summed E-state index contributed by atoms with van der Waals surface area (Å²) in [6, 6.07) is 1.81. The highest BCUT2D eigenvalue weighted by Crippen LogP contribution is 2.27. The van der Waals surface area contributed by atoms with Crippen LogP contribution in [0.25, 0.3) is 0 Å². The fraction of sp³-hybridized carbons (Fsp3) is 0.583. The van der Waals surface area contributed by atoms with E-state index in [-0.39, 0.29) is 0 Å². The molecule has 15 heavy (non-hydrogen) atoms. The number of ether oxygens (including phenoxy) is 1. The van der Waals surface area contributed by atoms with E-state index in [9.17, 15) is 5.11 Å². The molecule has 0 amide bonds. The van der Waals surface area contributed by atoms with Crippen LogP contribution in [0.4, 0.5) is 0 Å². The number of nitrogens with zero attached hydrogens (tertiary/aromatic N) is 1. The lowest BCUT2D eigenvalue weighted by molar-refractivity contribution is 0.159. The Bertz CT molecular complexity index is 289. The first kappa shape index (κ1) is 12.0. The van der Waals surface area contributed by atoms with E-state index in [4.69, 9.17) is 4.74 Å². The molecule has 0 aliphatic carbocycles. The molecule has 3 nitrogen and oxygen atoms in total.